The second-order valence-electron chi connectivity index (χ2n) is 6.97. The third kappa shape index (κ3) is 3.44. The van der Waals surface area contributed by atoms with Gasteiger partial charge in [-0.2, -0.15) is 4.57 Å². The fourth-order valence-corrected chi connectivity index (χ4v) is 4.59. The lowest BCUT2D eigenvalue weighted by atomic mass is 10.1. The van der Waals surface area contributed by atoms with Crippen molar-refractivity contribution in [3.8, 4) is 0 Å². The molecule has 0 radical (unpaired) electrons. The molecule has 2 heterocycles. The van der Waals surface area contributed by atoms with E-state index in [4.69, 9.17) is 4.42 Å². The molecule has 0 atom stereocenters. The first-order valence-electron chi connectivity index (χ1n) is 9.53. The zero-order valence-corrected chi connectivity index (χ0v) is 16.7. The van der Waals surface area contributed by atoms with E-state index in [1.165, 1.54) is 12.3 Å². The molecule has 5 aromatic rings. The number of para-hydroxylation sites is 2. The predicted molar refractivity (Wildman–Crippen MR) is 119 cm³/mol. The van der Waals surface area contributed by atoms with Crippen LogP contribution in [0.3, 0.4) is 0 Å². The highest BCUT2D eigenvalue weighted by Crippen LogP contribution is 2.23. The van der Waals surface area contributed by atoms with Crippen LogP contribution >= 0.6 is 11.3 Å². The molecule has 0 fully saturated rings. The van der Waals surface area contributed by atoms with Gasteiger partial charge < -0.3 is 4.42 Å². The normalized spacial score (nSPS) is 11.6. The first kappa shape index (κ1) is 18.5. The van der Waals surface area contributed by atoms with Gasteiger partial charge in [-0.1, -0.05) is 47.7 Å². The Labute approximate surface area is 176 Å². The number of aromatic nitrogens is 1. The van der Waals surface area contributed by atoms with Gasteiger partial charge in [0, 0.05) is 17.7 Å². The average molecular weight is 414 g/mol. The second-order valence-corrected chi connectivity index (χ2v) is 8.04. The van der Waals surface area contributed by atoms with E-state index in [0.717, 1.165) is 20.8 Å². The number of thiazole rings is 1. The van der Waals surface area contributed by atoms with Crippen molar-refractivity contribution in [1.82, 2.24) is 0 Å². The summed E-state index contributed by atoms with van der Waals surface area (Å²) in [4.78, 5) is 12.8. The molecular weight excluding hydrogens is 397 g/mol. The van der Waals surface area contributed by atoms with Gasteiger partial charge in [-0.25, -0.2) is 4.39 Å². The van der Waals surface area contributed by atoms with Crippen LogP contribution in [0.25, 0.3) is 33.3 Å². The lowest BCUT2D eigenvalue weighted by Gasteiger charge is -1.99. The van der Waals surface area contributed by atoms with Crippen molar-refractivity contribution in [2.24, 2.45) is 0 Å². The van der Waals surface area contributed by atoms with Crippen molar-refractivity contribution in [1.29, 1.82) is 0 Å². The Kier molecular flexibility index (Phi) is 4.73. The van der Waals surface area contributed by atoms with E-state index >= 15 is 0 Å². The van der Waals surface area contributed by atoms with Crippen LogP contribution in [0, 0.1) is 5.82 Å². The van der Waals surface area contributed by atoms with Crippen LogP contribution < -0.4 is 10.00 Å². The summed E-state index contributed by atoms with van der Waals surface area (Å²) < 4.78 is 22.6. The predicted octanol–water partition coefficient (Wildman–Crippen LogP) is 5.65. The zero-order chi connectivity index (χ0) is 20.5. The summed E-state index contributed by atoms with van der Waals surface area (Å²) in [7, 11) is 0. The quantitative estimate of drug-likeness (QED) is 0.356. The lowest BCUT2D eigenvalue weighted by Crippen LogP contribution is -2.35. The van der Waals surface area contributed by atoms with E-state index in [1.807, 2.05) is 42.5 Å². The van der Waals surface area contributed by atoms with Crippen LogP contribution in [0.15, 0.2) is 88.3 Å². The second kappa shape index (κ2) is 7.69. The maximum Gasteiger partial charge on any atom is 0.263 e. The monoisotopic (exact) mass is 414 g/mol. The fraction of sp³-hybridized carbons (Fsp3) is 0.0400. The summed E-state index contributed by atoms with van der Waals surface area (Å²) in [5.74, 6) is -0.251. The summed E-state index contributed by atoms with van der Waals surface area (Å²) in [6.45, 7) is 0.535. The minimum Gasteiger partial charge on any atom is -0.463 e. The van der Waals surface area contributed by atoms with Gasteiger partial charge in [-0.05, 0) is 36.4 Å². The van der Waals surface area contributed by atoms with Gasteiger partial charge in [0.1, 0.15) is 22.4 Å². The van der Waals surface area contributed by atoms with Gasteiger partial charge in [0.25, 0.3) is 5.01 Å². The molecule has 0 N–H and O–H groups in total. The Balaban J connectivity index is 1.59. The summed E-state index contributed by atoms with van der Waals surface area (Å²) in [6, 6.07) is 21.9. The highest BCUT2D eigenvalue weighted by Gasteiger charge is 2.19. The summed E-state index contributed by atoms with van der Waals surface area (Å²) in [6.07, 6.45) is 5.20. The van der Waals surface area contributed by atoms with Crippen molar-refractivity contribution < 1.29 is 13.4 Å². The van der Waals surface area contributed by atoms with Gasteiger partial charge in [0.2, 0.25) is 5.52 Å². The molecule has 0 unspecified atom stereocenters. The van der Waals surface area contributed by atoms with E-state index in [1.54, 1.807) is 41.7 Å². The highest BCUT2D eigenvalue weighted by molar-refractivity contribution is 7.18. The van der Waals surface area contributed by atoms with Gasteiger partial charge in [0.05, 0.1) is 10.9 Å². The molecule has 0 aliphatic rings. The minimum atomic E-state index is -0.251. The van der Waals surface area contributed by atoms with Gasteiger partial charge in [0.15, 0.2) is 12.0 Å². The molecule has 3 nitrogen and oxygen atoms in total. The molecule has 30 heavy (non-hydrogen) atoms. The lowest BCUT2D eigenvalue weighted by molar-refractivity contribution is -0.659. The maximum absolute atomic E-state index is 13.7. The Bertz CT molecular complexity index is 1470. The number of rotatable bonds is 4. The molecule has 0 bridgehead atoms. The largest absolute Gasteiger partial charge is 0.463 e. The van der Waals surface area contributed by atoms with Crippen LogP contribution in [-0.4, -0.2) is 0 Å². The average Bonchev–Trinajstić information content (AvgIpc) is 3.11. The van der Waals surface area contributed by atoms with E-state index in [9.17, 15) is 9.18 Å². The third-order valence-electron chi connectivity index (χ3n) is 4.98. The molecular formula is C25H17FNO2S+. The number of nitrogens with zero attached hydrogens (tertiary/aromatic N) is 1. The standard InChI is InChI=1S/C25H17FNO2S/c26-19-7-5-6-17(14-19)15-27-21-9-2-4-11-23(21)30-24(27)13-12-18-16-29-22-10-3-1-8-20(22)25(18)28/h1-14,16H,15H2/q+1/b13-12+. The Hall–Kier alpha value is -3.57. The van der Waals surface area contributed by atoms with Crippen molar-refractivity contribution in [3.05, 3.63) is 111 Å². The van der Waals surface area contributed by atoms with Crippen LogP contribution in [0.2, 0.25) is 0 Å². The van der Waals surface area contributed by atoms with Crippen molar-refractivity contribution in [2.45, 2.75) is 6.54 Å². The molecule has 5 rings (SSSR count). The van der Waals surface area contributed by atoms with Crippen molar-refractivity contribution >= 4 is 44.7 Å². The third-order valence-corrected chi connectivity index (χ3v) is 6.11. The van der Waals surface area contributed by atoms with Crippen LogP contribution in [0.1, 0.15) is 16.1 Å². The molecule has 0 saturated heterocycles. The molecule has 2 aromatic heterocycles. The van der Waals surface area contributed by atoms with E-state index in [2.05, 4.69) is 10.6 Å². The Morgan fingerprint density at radius 1 is 0.967 bits per heavy atom. The number of halogens is 1. The number of benzene rings is 3. The SMILES string of the molecule is O=c1c(/C=C/c2sc3ccccc3[n+]2Cc2cccc(F)c2)coc2ccccc12. The molecule has 0 aliphatic carbocycles. The smallest absolute Gasteiger partial charge is 0.263 e. The van der Waals surface area contributed by atoms with Gasteiger partial charge in [-0.15, -0.1) is 0 Å². The molecule has 146 valence electrons. The van der Waals surface area contributed by atoms with E-state index in [-0.39, 0.29) is 11.2 Å². The Morgan fingerprint density at radius 2 is 1.80 bits per heavy atom. The van der Waals surface area contributed by atoms with Crippen LogP contribution in [0.5, 0.6) is 0 Å². The molecule has 0 amide bonds. The minimum absolute atomic E-state index is 0.0640. The van der Waals surface area contributed by atoms with E-state index < -0.39 is 0 Å². The molecule has 3 aromatic carbocycles. The van der Waals surface area contributed by atoms with E-state index in [0.29, 0.717) is 23.1 Å². The first-order valence-corrected chi connectivity index (χ1v) is 10.4. The van der Waals surface area contributed by atoms with Crippen LogP contribution in [-0.2, 0) is 6.54 Å². The zero-order valence-electron chi connectivity index (χ0n) is 15.9. The number of hydrogen-bond acceptors (Lipinski definition) is 3. The topological polar surface area (TPSA) is 34.1 Å². The highest BCUT2D eigenvalue weighted by atomic mass is 32.1. The molecule has 0 saturated carbocycles. The van der Waals surface area contributed by atoms with Gasteiger partial charge >= 0.3 is 0 Å². The number of hydrogen-bond donors (Lipinski definition) is 0. The van der Waals surface area contributed by atoms with Crippen LogP contribution in [0.4, 0.5) is 4.39 Å². The fourth-order valence-electron chi connectivity index (χ4n) is 3.53. The summed E-state index contributed by atoms with van der Waals surface area (Å²) in [5.41, 5.74) is 2.94. The van der Waals surface area contributed by atoms with Crippen molar-refractivity contribution in [3.63, 3.8) is 0 Å². The van der Waals surface area contributed by atoms with Gasteiger partial charge in [-0.3, -0.25) is 4.79 Å². The summed E-state index contributed by atoms with van der Waals surface area (Å²) in [5, 5.41) is 1.52. The molecule has 5 heteroatoms. The number of fused-ring (bicyclic) bond motifs is 2. The maximum atomic E-state index is 13.7. The van der Waals surface area contributed by atoms with Crippen molar-refractivity contribution in [2.75, 3.05) is 0 Å². The Morgan fingerprint density at radius 3 is 2.70 bits per heavy atom. The summed E-state index contributed by atoms with van der Waals surface area (Å²) >= 11 is 1.63. The molecule has 0 spiro atoms. The first-order chi connectivity index (χ1) is 14.7. The molecule has 0 aliphatic heterocycles.